The first-order chi connectivity index (χ1) is 11.9. The number of rotatable bonds is 6. The molecule has 0 fully saturated rings. The molecule has 0 heterocycles. The van der Waals surface area contributed by atoms with Crippen molar-refractivity contribution in [3.63, 3.8) is 0 Å². The van der Waals surface area contributed by atoms with E-state index in [4.69, 9.17) is 9.53 Å². The Labute approximate surface area is 157 Å². The number of aryl methyl sites for hydroxylation is 1. The molecule has 3 nitrogen and oxygen atoms in total. The Morgan fingerprint density at radius 3 is 1.76 bits per heavy atom. The molecule has 1 aromatic carbocycles. The van der Waals surface area contributed by atoms with Crippen molar-refractivity contribution in [2.75, 3.05) is 13.7 Å². The number of ether oxygens (including phenoxy) is 1. The number of aldehydes is 1. The molecule has 0 aromatic heterocycles. The van der Waals surface area contributed by atoms with Crippen LogP contribution in [0.2, 0.25) is 0 Å². The van der Waals surface area contributed by atoms with E-state index in [0.29, 0.717) is 6.29 Å². The van der Waals surface area contributed by atoms with E-state index in [2.05, 4.69) is 66.3 Å². The first kappa shape index (κ1) is 28.5. The van der Waals surface area contributed by atoms with Crippen molar-refractivity contribution in [3.8, 4) is 5.75 Å². The highest BCUT2D eigenvalue weighted by Crippen LogP contribution is 2.12. The van der Waals surface area contributed by atoms with Gasteiger partial charge in [-0.05, 0) is 36.0 Å². The molecule has 0 radical (unpaired) electrons. The molecule has 0 spiro atoms. The Kier molecular flexibility index (Phi) is 25.8. The first-order valence-corrected chi connectivity index (χ1v) is 9.62. The van der Waals surface area contributed by atoms with Gasteiger partial charge in [-0.3, -0.25) is 0 Å². The van der Waals surface area contributed by atoms with Gasteiger partial charge in [0, 0.05) is 6.54 Å². The van der Waals surface area contributed by atoms with Crippen LogP contribution in [0.4, 0.5) is 0 Å². The van der Waals surface area contributed by atoms with Crippen LogP contribution in [-0.4, -0.2) is 19.9 Å². The summed E-state index contributed by atoms with van der Waals surface area (Å²) in [5.41, 5.74) is 5.98. The van der Waals surface area contributed by atoms with E-state index in [9.17, 15) is 0 Å². The third kappa shape index (κ3) is 25.0. The minimum Gasteiger partial charge on any atom is -0.497 e. The topological polar surface area (TPSA) is 52.3 Å². The van der Waals surface area contributed by atoms with E-state index in [1.165, 1.54) is 24.8 Å². The number of benzene rings is 1. The highest BCUT2D eigenvalue weighted by molar-refractivity contribution is 5.51. The SMILES string of the molecule is CCC(C)C.CCC(C)CC.CCc1cccc(OC)c1.NCC=O. The van der Waals surface area contributed by atoms with Crippen LogP contribution in [0, 0.1) is 11.8 Å². The van der Waals surface area contributed by atoms with Gasteiger partial charge in [0.15, 0.2) is 0 Å². The van der Waals surface area contributed by atoms with E-state index in [-0.39, 0.29) is 6.54 Å². The lowest BCUT2D eigenvalue weighted by molar-refractivity contribution is -0.106. The molecular weight excluding hydrogens is 310 g/mol. The maximum Gasteiger partial charge on any atom is 0.133 e. The van der Waals surface area contributed by atoms with Crippen LogP contribution >= 0.6 is 0 Å². The zero-order valence-electron chi connectivity index (χ0n) is 18.0. The summed E-state index contributed by atoms with van der Waals surface area (Å²) in [4.78, 5) is 9.05. The average Bonchev–Trinajstić information content (AvgIpc) is 2.68. The standard InChI is InChI=1S/C9H12O.C6H14.C5H12.C2H5NO/c1-3-8-5-4-6-9(7-8)10-2;1-4-6(3)5-2;1-4-5(2)3;3-1-2-4/h4-7H,3H2,1-2H3;6H,4-5H2,1-3H3;5H,4H2,1-3H3;2H,1,3H2. The molecule has 0 saturated carbocycles. The average molecular weight is 354 g/mol. The van der Waals surface area contributed by atoms with E-state index >= 15 is 0 Å². The van der Waals surface area contributed by atoms with Gasteiger partial charge >= 0.3 is 0 Å². The van der Waals surface area contributed by atoms with Crippen LogP contribution in [0.3, 0.4) is 0 Å². The number of hydrogen-bond acceptors (Lipinski definition) is 3. The normalized spacial score (nSPS) is 9.08. The second kappa shape index (κ2) is 22.6. The molecule has 0 aliphatic heterocycles. The van der Waals surface area contributed by atoms with Gasteiger partial charge in [-0.1, -0.05) is 79.9 Å². The van der Waals surface area contributed by atoms with Crippen molar-refractivity contribution in [3.05, 3.63) is 29.8 Å². The fourth-order valence-electron chi connectivity index (χ4n) is 1.18. The molecule has 1 aromatic rings. The predicted molar refractivity (Wildman–Crippen MR) is 112 cm³/mol. The lowest BCUT2D eigenvalue weighted by Crippen LogP contribution is -1.97. The summed E-state index contributed by atoms with van der Waals surface area (Å²) in [7, 11) is 1.69. The Hall–Kier alpha value is -1.35. The van der Waals surface area contributed by atoms with E-state index < -0.39 is 0 Å². The van der Waals surface area contributed by atoms with Crippen LogP contribution in [0.15, 0.2) is 24.3 Å². The number of hydrogen-bond donors (Lipinski definition) is 1. The molecule has 0 amide bonds. The molecule has 148 valence electrons. The van der Waals surface area contributed by atoms with Crippen LogP contribution in [0.1, 0.15) is 73.3 Å². The van der Waals surface area contributed by atoms with Gasteiger partial charge < -0.3 is 15.3 Å². The molecule has 25 heavy (non-hydrogen) atoms. The molecule has 0 bridgehead atoms. The van der Waals surface area contributed by atoms with Crippen molar-refractivity contribution in [2.24, 2.45) is 17.6 Å². The Balaban J connectivity index is -0.000000280. The summed E-state index contributed by atoms with van der Waals surface area (Å²) in [6, 6.07) is 8.12. The molecule has 2 N–H and O–H groups in total. The minimum atomic E-state index is 0.139. The van der Waals surface area contributed by atoms with Gasteiger partial charge in [0.25, 0.3) is 0 Å². The zero-order chi connectivity index (χ0) is 20.1. The van der Waals surface area contributed by atoms with Gasteiger partial charge in [0.05, 0.1) is 7.11 Å². The summed E-state index contributed by atoms with van der Waals surface area (Å²) < 4.78 is 5.06. The maximum absolute atomic E-state index is 9.05. The summed E-state index contributed by atoms with van der Waals surface area (Å²) >= 11 is 0. The summed E-state index contributed by atoms with van der Waals surface area (Å²) in [6.07, 6.45) is 5.68. The van der Waals surface area contributed by atoms with Gasteiger partial charge in [-0.25, -0.2) is 0 Å². The Morgan fingerprint density at radius 2 is 1.52 bits per heavy atom. The molecule has 1 rings (SSSR count). The maximum atomic E-state index is 9.05. The fourth-order valence-corrected chi connectivity index (χ4v) is 1.18. The quantitative estimate of drug-likeness (QED) is 0.648. The molecule has 3 heteroatoms. The van der Waals surface area contributed by atoms with Gasteiger partial charge in [0.1, 0.15) is 12.0 Å². The lowest BCUT2D eigenvalue weighted by Gasteiger charge is -2.00. The second-order valence-corrected chi connectivity index (χ2v) is 6.33. The van der Waals surface area contributed by atoms with Crippen molar-refractivity contribution < 1.29 is 9.53 Å². The highest BCUT2D eigenvalue weighted by atomic mass is 16.5. The molecular formula is C22H43NO2. The molecule has 0 unspecified atom stereocenters. The van der Waals surface area contributed by atoms with Crippen molar-refractivity contribution in [1.82, 2.24) is 0 Å². The zero-order valence-corrected chi connectivity index (χ0v) is 18.0. The number of nitrogens with two attached hydrogens (primary N) is 1. The Morgan fingerprint density at radius 1 is 1.04 bits per heavy atom. The monoisotopic (exact) mass is 353 g/mol. The van der Waals surface area contributed by atoms with Gasteiger partial charge in [0.2, 0.25) is 0 Å². The van der Waals surface area contributed by atoms with E-state index in [0.717, 1.165) is 24.0 Å². The summed E-state index contributed by atoms with van der Waals surface area (Å²) in [5, 5.41) is 0. The summed E-state index contributed by atoms with van der Waals surface area (Å²) in [6.45, 7) is 15.7. The van der Waals surface area contributed by atoms with Gasteiger partial charge in [-0.2, -0.15) is 0 Å². The first-order valence-electron chi connectivity index (χ1n) is 9.62. The lowest BCUT2D eigenvalue weighted by atomic mass is 10.1. The summed E-state index contributed by atoms with van der Waals surface area (Å²) in [5.74, 6) is 2.76. The van der Waals surface area contributed by atoms with Crippen LogP contribution < -0.4 is 10.5 Å². The highest BCUT2D eigenvalue weighted by Gasteiger charge is 1.90. The third-order valence-corrected chi connectivity index (χ3v) is 3.85. The van der Waals surface area contributed by atoms with Crippen molar-refractivity contribution in [2.45, 2.75) is 74.1 Å². The second-order valence-electron chi connectivity index (χ2n) is 6.33. The van der Waals surface area contributed by atoms with Crippen molar-refractivity contribution >= 4 is 6.29 Å². The third-order valence-electron chi connectivity index (χ3n) is 3.85. The number of carbonyl (C=O) groups excluding carboxylic acids is 1. The van der Waals surface area contributed by atoms with E-state index in [1.54, 1.807) is 7.11 Å². The van der Waals surface area contributed by atoms with Crippen LogP contribution in [-0.2, 0) is 11.2 Å². The largest absolute Gasteiger partial charge is 0.497 e. The smallest absolute Gasteiger partial charge is 0.133 e. The van der Waals surface area contributed by atoms with E-state index in [1.807, 2.05) is 12.1 Å². The minimum absolute atomic E-state index is 0.139. The van der Waals surface area contributed by atoms with Crippen LogP contribution in [0.5, 0.6) is 5.75 Å². The molecule has 0 aliphatic rings. The molecule has 0 atom stereocenters. The molecule has 0 aliphatic carbocycles. The van der Waals surface area contributed by atoms with Gasteiger partial charge in [-0.15, -0.1) is 0 Å². The molecule has 0 saturated heterocycles. The van der Waals surface area contributed by atoms with Crippen molar-refractivity contribution in [1.29, 1.82) is 0 Å². The van der Waals surface area contributed by atoms with Crippen LogP contribution in [0.25, 0.3) is 0 Å². The predicted octanol–water partition coefficient (Wildman–Crippen LogP) is 5.90. The fraction of sp³-hybridized carbons (Fsp3) is 0.682. The number of carbonyl (C=O) groups is 1. The Bertz CT molecular complexity index is 355. The number of methoxy groups -OCH3 is 1.